The second-order valence-corrected chi connectivity index (χ2v) is 9.12. The van der Waals surface area contributed by atoms with Crippen LogP contribution in [-0.4, -0.2) is 51.6 Å². The highest BCUT2D eigenvalue weighted by Gasteiger charge is 2.52. The molecule has 184 valence electrons. The zero-order valence-electron chi connectivity index (χ0n) is 19.5. The molecule has 0 saturated carbocycles. The first-order valence-electron chi connectivity index (χ1n) is 12.0. The number of hydrogen-bond donors (Lipinski definition) is 2. The van der Waals surface area contributed by atoms with Crippen molar-refractivity contribution in [3.05, 3.63) is 48.0 Å². The first kappa shape index (κ1) is 27.0. The molecular weight excluding hydrogens is 428 g/mol. The molecule has 1 saturated heterocycles. The van der Waals surface area contributed by atoms with E-state index in [1.165, 1.54) is 10.5 Å². The van der Waals surface area contributed by atoms with E-state index in [1.54, 1.807) is 12.2 Å². The number of halogens is 2. The lowest BCUT2D eigenvalue weighted by molar-refractivity contribution is -0.148. The molecule has 0 bridgehead atoms. The Bertz CT molecular complexity index is 769. The van der Waals surface area contributed by atoms with Crippen LogP contribution in [0.15, 0.2) is 42.5 Å². The Labute approximate surface area is 195 Å². The molecule has 33 heavy (non-hydrogen) atoms. The van der Waals surface area contributed by atoms with Gasteiger partial charge in [-0.3, -0.25) is 9.59 Å². The van der Waals surface area contributed by atoms with Crippen LogP contribution < -0.4 is 0 Å². The van der Waals surface area contributed by atoms with Crippen LogP contribution in [0.4, 0.5) is 8.78 Å². The van der Waals surface area contributed by atoms with E-state index >= 15 is 0 Å². The van der Waals surface area contributed by atoms with Crippen molar-refractivity contribution in [3.8, 4) is 0 Å². The van der Waals surface area contributed by atoms with E-state index in [0.717, 1.165) is 25.7 Å². The summed E-state index contributed by atoms with van der Waals surface area (Å²) in [7, 11) is 0. The number of carboxylic acids is 1. The second kappa shape index (κ2) is 13.4. The number of carbonyl (C=O) groups is 2. The Hall–Kier alpha value is -2.28. The molecule has 1 fully saturated rings. The third-order valence-corrected chi connectivity index (χ3v) is 6.31. The number of hydrogen-bond acceptors (Lipinski definition) is 3. The van der Waals surface area contributed by atoms with Gasteiger partial charge >= 0.3 is 11.9 Å². The molecule has 0 radical (unpaired) electrons. The summed E-state index contributed by atoms with van der Waals surface area (Å²) >= 11 is 0. The summed E-state index contributed by atoms with van der Waals surface area (Å²) in [5.41, 5.74) is 1.29. The van der Waals surface area contributed by atoms with Crippen LogP contribution in [-0.2, 0) is 16.0 Å². The number of aliphatic hydroxyl groups is 1. The van der Waals surface area contributed by atoms with Crippen molar-refractivity contribution in [3.63, 3.8) is 0 Å². The highest BCUT2D eigenvalue weighted by molar-refractivity contribution is 5.86. The van der Waals surface area contributed by atoms with Crippen LogP contribution in [0.5, 0.6) is 0 Å². The lowest BCUT2D eigenvalue weighted by Crippen LogP contribution is -2.36. The number of nitrogens with zero attached hydrogens (tertiary/aromatic N) is 1. The molecule has 1 heterocycles. The van der Waals surface area contributed by atoms with Gasteiger partial charge in [-0.25, -0.2) is 0 Å². The fourth-order valence-corrected chi connectivity index (χ4v) is 4.21. The standard InChI is InChI=1S/C26H37F2NO4/c1-20(11-8-9-14-21-12-5-4-6-13-21)23(30)17-16-22-19-26(27,28)25(33)29(22)18-10-3-2-7-15-24(31)32/h4-6,12-13,16-17,20,22-23,30H,2-3,7-11,14-15,18-19H2,1H3,(H,31,32)/t20-,22?,23+/m0/s1. The van der Waals surface area contributed by atoms with Gasteiger partial charge in [-0.05, 0) is 43.6 Å². The number of carboxylic acid groups (broad SMARTS) is 1. The minimum Gasteiger partial charge on any atom is -0.481 e. The van der Waals surface area contributed by atoms with Gasteiger partial charge in [0, 0.05) is 19.4 Å². The molecule has 1 aromatic carbocycles. The summed E-state index contributed by atoms with van der Waals surface area (Å²) in [6, 6.07) is 9.50. The Morgan fingerprint density at radius 3 is 2.55 bits per heavy atom. The number of rotatable bonds is 15. The first-order valence-corrected chi connectivity index (χ1v) is 12.0. The second-order valence-electron chi connectivity index (χ2n) is 9.12. The van der Waals surface area contributed by atoms with Crippen LogP contribution in [0, 0.1) is 5.92 Å². The van der Waals surface area contributed by atoms with E-state index in [4.69, 9.17) is 5.11 Å². The minimum atomic E-state index is -3.38. The third-order valence-electron chi connectivity index (χ3n) is 6.31. The van der Waals surface area contributed by atoms with Crippen LogP contribution in [0.25, 0.3) is 0 Å². The lowest BCUT2D eigenvalue weighted by atomic mass is 9.95. The van der Waals surface area contributed by atoms with Gasteiger partial charge in [0.1, 0.15) is 0 Å². The smallest absolute Gasteiger partial charge is 0.327 e. The number of amides is 1. The van der Waals surface area contributed by atoms with Crippen LogP contribution >= 0.6 is 0 Å². The molecule has 1 aliphatic rings. The predicted molar refractivity (Wildman–Crippen MR) is 124 cm³/mol. The van der Waals surface area contributed by atoms with Crippen LogP contribution in [0.1, 0.15) is 70.3 Å². The minimum absolute atomic E-state index is 0.00248. The maximum absolute atomic E-state index is 14.0. The monoisotopic (exact) mass is 465 g/mol. The van der Waals surface area contributed by atoms with Gasteiger partial charge in [-0.15, -0.1) is 0 Å². The molecular formula is C26H37F2NO4. The van der Waals surface area contributed by atoms with Crippen molar-refractivity contribution in [2.75, 3.05) is 6.54 Å². The predicted octanol–water partition coefficient (Wildman–Crippen LogP) is 5.22. The molecule has 0 aliphatic carbocycles. The van der Waals surface area contributed by atoms with Gasteiger partial charge in [-0.2, -0.15) is 8.78 Å². The molecule has 1 aliphatic heterocycles. The number of aryl methyl sites for hydroxylation is 1. The van der Waals surface area contributed by atoms with E-state index in [0.29, 0.717) is 25.7 Å². The Balaban J connectivity index is 1.77. The molecule has 3 atom stereocenters. The molecule has 1 unspecified atom stereocenters. The molecule has 2 rings (SSSR count). The summed E-state index contributed by atoms with van der Waals surface area (Å²) in [4.78, 5) is 23.9. The Morgan fingerprint density at radius 1 is 1.15 bits per heavy atom. The van der Waals surface area contributed by atoms with Crippen molar-refractivity contribution >= 4 is 11.9 Å². The average molecular weight is 466 g/mol. The summed E-state index contributed by atoms with van der Waals surface area (Å²) in [6.45, 7) is 2.16. The zero-order valence-corrected chi connectivity index (χ0v) is 19.5. The first-order chi connectivity index (χ1) is 15.7. The fourth-order valence-electron chi connectivity index (χ4n) is 4.21. The van der Waals surface area contributed by atoms with E-state index < -0.39 is 36.4 Å². The van der Waals surface area contributed by atoms with E-state index in [-0.39, 0.29) is 18.9 Å². The quantitative estimate of drug-likeness (QED) is 0.275. The van der Waals surface area contributed by atoms with Crippen molar-refractivity contribution in [2.24, 2.45) is 5.92 Å². The fraction of sp³-hybridized carbons (Fsp3) is 0.615. The number of benzene rings is 1. The maximum atomic E-state index is 14.0. The molecule has 5 nitrogen and oxygen atoms in total. The third kappa shape index (κ3) is 9.24. The van der Waals surface area contributed by atoms with Crippen molar-refractivity contribution in [1.29, 1.82) is 0 Å². The number of unbranched alkanes of at least 4 members (excludes halogenated alkanes) is 4. The van der Waals surface area contributed by atoms with E-state index in [1.807, 2.05) is 25.1 Å². The largest absolute Gasteiger partial charge is 0.481 e. The summed E-state index contributed by atoms with van der Waals surface area (Å²) in [5, 5.41) is 19.1. The molecule has 2 N–H and O–H groups in total. The summed E-state index contributed by atoms with van der Waals surface area (Å²) in [6.07, 6.45) is 8.15. The van der Waals surface area contributed by atoms with Gasteiger partial charge in [0.15, 0.2) is 0 Å². The van der Waals surface area contributed by atoms with Gasteiger partial charge in [0.2, 0.25) is 0 Å². The van der Waals surface area contributed by atoms with Crippen molar-refractivity contribution in [2.45, 2.75) is 89.2 Å². The number of likely N-dealkylation sites (tertiary alicyclic amines) is 1. The zero-order chi connectivity index (χ0) is 24.3. The summed E-state index contributed by atoms with van der Waals surface area (Å²) in [5.74, 6) is -5.39. The van der Waals surface area contributed by atoms with Crippen LogP contribution in [0.3, 0.4) is 0 Å². The van der Waals surface area contributed by atoms with E-state index in [2.05, 4.69) is 12.1 Å². The molecule has 1 aromatic rings. The maximum Gasteiger partial charge on any atom is 0.327 e. The van der Waals surface area contributed by atoms with Crippen LogP contribution in [0.2, 0.25) is 0 Å². The van der Waals surface area contributed by atoms with Crippen molar-refractivity contribution < 1.29 is 28.6 Å². The average Bonchev–Trinajstić information content (AvgIpc) is 3.00. The Kier molecular flexibility index (Phi) is 11.0. The van der Waals surface area contributed by atoms with Gasteiger partial charge in [-0.1, -0.05) is 68.7 Å². The topological polar surface area (TPSA) is 77.8 Å². The van der Waals surface area contributed by atoms with Gasteiger partial charge in [0.05, 0.1) is 12.1 Å². The van der Waals surface area contributed by atoms with Crippen molar-refractivity contribution in [1.82, 2.24) is 4.90 Å². The number of alkyl halides is 2. The van der Waals surface area contributed by atoms with Gasteiger partial charge in [0.25, 0.3) is 5.91 Å². The van der Waals surface area contributed by atoms with E-state index in [9.17, 15) is 23.5 Å². The normalized spacial score (nSPS) is 19.8. The number of carbonyl (C=O) groups excluding carboxylic acids is 1. The SMILES string of the molecule is C[C@@H](CCCCc1ccccc1)[C@H](O)C=CC1CC(F)(F)C(=O)N1CCCCCCC(=O)O. The molecule has 1 amide bonds. The van der Waals surface area contributed by atoms with Gasteiger partial charge < -0.3 is 15.1 Å². The summed E-state index contributed by atoms with van der Waals surface area (Å²) < 4.78 is 28.1. The highest BCUT2D eigenvalue weighted by Crippen LogP contribution is 2.34. The number of aliphatic carboxylic acids is 1. The lowest BCUT2D eigenvalue weighted by Gasteiger charge is -2.22. The molecule has 0 spiro atoms. The molecule has 7 heteroatoms. The number of aliphatic hydroxyl groups excluding tert-OH is 1. The molecule has 0 aromatic heterocycles. The Morgan fingerprint density at radius 2 is 1.85 bits per heavy atom. The highest BCUT2D eigenvalue weighted by atomic mass is 19.3.